The summed E-state index contributed by atoms with van der Waals surface area (Å²) in [6.45, 7) is 1.97. The van der Waals surface area contributed by atoms with E-state index in [0.29, 0.717) is 11.4 Å². The first-order valence-electron chi connectivity index (χ1n) is 6.91. The highest BCUT2D eigenvalue weighted by Gasteiger charge is 2.21. The quantitative estimate of drug-likeness (QED) is 0.791. The Labute approximate surface area is 131 Å². The maximum Gasteiger partial charge on any atom is 0.330 e. The molecule has 0 aliphatic heterocycles. The zero-order valence-corrected chi connectivity index (χ0v) is 12.3. The highest BCUT2D eigenvalue weighted by molar-refractivity contribution is 6.00. The summed E-state index contributed by atoms with van der Waals surface area (Å²) in [5.74, 6) is 0.958. The van der Waals surface area contributed by atoms with Gasteiger partial charge in [-0.1, -0.05) is 0 Å². The third kappa shape index (κ3) is 3.57. The number of amides is 2. The lowest BCUT2D eigenvalue weighted by Gasteiger charge is -2.18. The molecule has 118 valence electrons. The number of anilines is 2. The highest BCUT2D eigenvalue weighted by atomic mass is 19.1. The van der Waals surface area contributed by atoms with E-state index in [0.717, 1.165) is 5.76 Å². The summed E-state index contributed by atoms with van der Waals surface area (Å²) in [7, 11) is 0. The molecule has 0 saturated heterocycles. The first kappa shape index (κ1) is 14.8. The Morgan fingerprint density at radius 1 is 1.26 bits per heavy atom. The molecule has 0 fully saturated rings. The van der Waals surface area contributed by atoms with Crippen LogP contribution < -0.4 is 10.2 Å². The van der Waals surface area contributed by atoms with Crippen LogP contribution in [0.2, 0.25) is 0 Å². The van der Waals surface area contributed by atoms with Crippen molar-refractivity contribution < 1.29 is 18.0 Å². The van der Waals surface area contributed by atoms with Gasteiger partial charge in [0.1, 0.15) is 23.6 Å². The van der Waals surface area contributed by atoms with Crippen molar-refractivity contribution >= 4 is 17.7 Å². The molecular weight excluding hydrogens is 301 g/mol. The number of oxazole rings is 1. The van der Waals surface area contributed by atoms with Gasteiger partial charge in [0.05, 0.1) is 12.7 Å². The molecule has 0 saturated carbocycles. The van der Waals surface area contributed by atoms with Gasteiger partial charge in [0.2, 0.25) is 0 Å². The predicted octanol–water partition coefficient (Wildman–Crippen LogP) is 3.95. The smallest absolute Gasteiger partial charge is 0.330 e. The fraction of sp³-hybridized carbons (Fsp3) is 0.125. The summed E-state index contributed by atoms with van der Waals surface area (Å²) < 4.78 is 23.6. The summed E-state index contributed by atoms with van der Waals surface area (Å²) in [6.07, 6.45) is 2.82. The van der Waals surface area contributed by atoms with Gasteiger partial charge in [-0.05, 0) is 43.3 Å². The zero-order chi connectivity index (χ0) is 16.2. The lowest BCUT2D eigenvalue weighted by Crippen LogP contribution is -2.34. The molecular formula is C16H14FN3O3. The van der Waals surface area contributed by atoms with Crippen molar-refractivity contribution in [2.75, 3.05) is 10.2 Å². The number of rotatable bonds is 4. The van der Waals surface area contributed by atoms with E-state index in [9.17, 15) is 9.18 Å². The largest absolute Gasteiger partial charge is 0.464 e. The number of nitrogens with zero attached hydrogens (tertiary/aromatic N) is 2. The van der Waals surface area contributed by atoms with E-state index in [-0.39, 0.29) is 18.4 Å². The van der Waals surface area contributed by atoms with E-state index >= 15 is 0 Å². The van der Waals surface area contributed by atoms with Crippen molar-refractivity contribution in [3.8, 4) is 0 Å². The molecule has 2 aromatic heterocycles. The first-order chi connectivity index (χ1) is 11.1. The molecule has 0 unspecified atom stereocenters. The Balaban J connectivity index is 1.79. The molecule has 0 aliphatic rings. The molecule has 23 heavy (non-hydrogen) atoms. The summed E-state index contributed by atoms with van der Waals surface area (Å²) in [5.41, 5.74) is 0.462. The zero-order valence-electron chi connectivity index (χ0n) is 12.3. The van der Waals surface area contributed by atoms with E-state index in [1.165, 1.54) is 41.6 Å². The van der Waals surface area contributed by atoms with Crippen molar-refractivity contribution in [2.24, 2.45) is 0 Å². The topological polar surface area (TPSA) is 71.5 Å². The molecule has 6 nitrogen and oxygen atoms in total. The number of hydrogen-bond donors (Lipinski definition) is 1. The molecule has 0 atom stereocenters. The van der Waals surface area contributed by atoms with Crippen LogP contribution in [0.15, 0.2) is 57.7 Å². The Bertz CT molecular complexity index is 781. The maximum absolute atomic E-state index is 12.9. The Kier molecular flexibility index (Phi) is 4.09. The van der Waals surface area contributed by atoms with Crippen LogP contribution in [-0.2, 0) is 6.54 Å². The third-order valence-electron chi connectivity index (χ3n) is 3.10. The summed E-state index contributed by atoms with van der Waals surface area (Å²) in [5, 5.41) is 2.66. The van der Waals surface area contributed by atoms with Crippen LogP contribution in [0.25, 0.3) is 0 Å². The third-order valence-corrected chi connectivity index (χ3v) is 3.10. The summed E-state index contributed by atoms with van der Waals surface area (Å²) >= 11 is 0. The van der Waals surface area contributed by atoms with Gasteiger partial charge in [-0.25, -0.2) is 19.1 Å². The van der Waals surface area contributed by atoms with Gasteiger partial charge in [-0.3, -0.25) is 0 Å². The van der Waals surface area contributed by atoms with Crippen LogP contribution >= 0.6 is 0 Å². The number of carbonyl (C=O) groups excluding carboxylic acids is 1. The van der Waals surface area contributed by atoms with Crippen LogP contribution in [0.5, 0.6) is 0 Å². The normalized spacial score (nSPS) is 10.5. The number of furan rings is 1. The Morgan fingerprint density at radius 2 is 2.04 bits per heavy atom. The van der Waals surface area contributed by atoms with E-state index < -0.39 is 6.03 Å². The second-order valence-corrected chi connectivity index (χ2v) is 4.85. The first-order valence-corrected chi connectivity index (χ1v) is 6.91. The Hall–Kier alpha value is -3.09. The minimum absolute atomic E-state index is 0.138. The second kappa shape index (κ2) is 6.35. The molecule has 3 rings (SSSR count). The van der Waals surface area contributed by atoms with Crippen LogP contribution in [0.4, 0.5) is 20.9 Å². The van der Waals surface area contributed by atoms with Crippen molar-refractivity contribution in [2.45, 2.75) is 13.5 Å². The Morgan fingerprint density at radius 3 is 2.65 bits per heavy atom. The predicted molar refractivity (Wildman–Crippen MR) is 81.5 cm³/mol. The number of aromatic nitrogens is 1. The van der Waals surface area contributed by atoms with Gasteiger partial charge in [-0.2, -0.15) is 0 Å². The molecule has 0 spiro atoms. The number of nitrogens with one attached hydrogen (secondary N) is 1. The second-order valence-electron chi connectivity index (χ2n) is 4.85. The molecule has 1 N–H and O–H groups in total. The van der Waals surface area contributed by atoms with Gasteiger partial charge in [0, 0.05) is 5.69 Å². The molecule has 0 aliphatic carbocycles. The summed E-state index contributed by atoms with van der Waals surface area (Å²) in [6, 6.07) is 8.72. The van der Waals surface area contributed by atoms with Crippen molar-refractivity contribution in [1.29, 1.82) is 0 Å². The van der Waals surface area contributed by atoms with Crippen molar-refractivity contribution in [1.82, 2.24) is 4.98 Å². The van der Waals surface area contributed by atoms with E-state index in [4.69, 9.17) is 8.83 Å². The molecule has 2 amide bonds. The lowest BCUT2D eigenvalue weighted by molar-refractivity contribution is 0.254. The number of halogens is 1. The lowest BCUT2D eigenvalue weighted by atomic mass is 10.3. The number of hydrogen-bond acceptors (Lipinski definition) is 4. The molecule has 7 heteroatoms. The van der Waals surface area contributed by atoms with Gasteiger partial charge in [-0.15, -0.1) is 0 Å². The highest BCUT2D eigenvalue weighted by Crippen LogP contribution is 2.18. The van der Waals surface area contributed by atoms with E-state index in [1.807, 2.05) is 6.92 Å². The van der Waals surface area contributed by atoms with E-state index in [2.05, 4.69) is 10.3 Å². The van der Waals surface area contributed by atoms with Crippen LogP contribution in [0, 0.1) is 12.7 Å². The molecule has 2 heterocycles. The number of aryl methyl sites for hydroxylation is 1. The van der Waals surface area contributed by atoms with Crippen LogP contribution in [0.1, 0.15) is 11.5 Å². The maximum atomic E-state index is 12.9. The van der Waals surface area contributed by atoms with Gasteiger partial charge >= 0.3 is 12.0 Å². The van der Waals surface area contributed by atoms with Gasteiger partial charge in [0.15, 0.2) is 0 Å². The number of urea groups is 1. The number of carbonyl (C=O) groups is 1. The average Bonchev–Trinajstić information content (AvgIpc) is 3.18. The van der Waals surface area contributed by atoms with Crippen molar-refractivity contribution in [3.63, 3.8) is 0 Å². The van der Waals surface area contributed by atoms with Gasteiger partial charge < -0.3 is 14.2 Å². The standard InChI is InChI=1S/C16H14FN3O3/c1-11-2-7-14(23-11)10-20(16-18-8-9-22-16)15(21)19-13-5-3-12(17)4-6-13/h2-9H,10H2,1H3,(H,19,21). The fourth-order valence-corrected chi connectivity index (χ4v) is 2.03. The summed E-state index contributed by atoms with van der Waals surface area (Å²) in [4.78, 5) is 17.8. The van der Waals surface area contributed by atoms with Crippen LogP contribution in [-0.4, -0.2) is 11.0 Å². The molecule has 0 bridgehead atoms. The van der Waals surface area contributed by atoms with E-state index in [1.54, 1.807) is 12.1 Å². The number of benzene rings is 1. The molecule has 0 radical (unpaired) electrons. The average molecular weight is 315 g/mol. The minimum Gasteiger partial charge on any atom is -0.464 e. The van der Waals surface area contributed by atoms with Gasteiger partial charge in [0.25, 0.3) is 0 Å². The van der Waals surface area contributed by atoms with Crippen LogP contribution in [0.3, 0.4) is 0 Å². The fourth-order valence-electron chi connectivity index (χ4n) is 2.03. The monoisotopic (exact) mass is 315 g/mol. The molecule has 3 aromatic rings. The minimum atomic E-state index is -0.465. The molecule has 1 aromatic carbocycles. The SMILES string of the molecule is Cc1ccc(CN(C(=O)Nc2ccc(F)cc2)c2ncco2)o1. The van der Waals surface area contributed by atoms with Crippen molar-refractivity contribution in [3.05, 3.63) is 66.2 Å².